The number of nitrogens with one attached hydrogen (secondary N) is 1. The third-order valence-electron chi connectivity index (χ3n) is 13.3. The van der Waals surface area contributed by atoms with Crippen LogP contribution in [0.5, 0.6) is 5.75 Å². The zero-order valence-corrected chi connectivity index (χ0v) is 40.1. The number of benzene rings is 4. The first kappa shape index (κ1) is 44.7. The number of hydrogen-bond donors (Lipinski definition) is 1. The van der Waals surface area contributed by atoms with E-state index in [9.17, 15) is 0 Å². The smallest absolute Gasteiger partial charge is 0.252 e. The van der Waals surface area contributed by atoms with Crippen molar-refractivity contribution in [2.45, 2.75) is 130 Å². The van der Waals surface area contributed by atoms with Crippen LogP contribution in [0.2, 0.25) is 0 Å². The van der Waals surface area contributed by atoms with Crippen LogP contribution in [-0.4, -0.2) is 42.0 Å². The van der Waals surface area contributed by atoms with Crippen molar-refractivity contribution in [1.29, 1.82) is 0 Å². The molecule has 3 fully saturated rings. The zero-order valence-electron chi connectivity index (χ0n) is 39.2. The van der Waals surface area contributed by atoms with E-state index < -0.39 is 7.92 Å². The molecule has 4 aromatic carbocycles. The molecular weight excluding hydrogens is 766 g/mol. The molecule has 8 rings (SSSR count). The molecule has 0 radical (unpaired) electrons. The van der Waals surface area contributed by atoms with Crippen molar-refractivity contribution < 1.29 is 9.53 Å². The lowest BCUT2D eigenvalue weighted by Crippen LogP contribution is -2.57. The fourth-order valence-corrected chi connectivity index (χ4v) is 11.9. The molecule has 3 saturated heterocycles. The molecule has 6 heteroatoms. The number of piperidine rings is 3. The van der Waals surface area contributed by atoms with E-state index in [2.05, 4.69) is 173 Å². The third-order valence-corrected chi connectivity index (χ3v) is 15.8. The number of fused-ring (bicyclic) bond motifs is 4. The summed E-state index contributed by atoms with van der Waals surface area (Å²) < 4.78 is 5.74. The SMILES string of the molecule is C=CC1CN2CCC1CC2C(NC(=O)c1ccccc1P(c1cc(C(C)(C)C)cc(C(C)(C)C)c1)c1cc(C(C)(C)C)cc(C(C)(C)C)c1)c1ccnc2ccc(OC)cc12. The first-order valence-electron chi connectivity index (χ1n) is 22.4. The lowest BCUT2D eigenvalue weighted by molar-refractivity contribution is 0.00171. The number of hydrogen-bond acceptors (Lipinski definition) is 4. The minimum Gasteiger partial charge on any atom is -0.497 e. The summed E-state index contributed by atoms with van der Waals surface area (Å²) in [5.41, 5.74) is 7.66. The Morgan fingerprint density at radius 2 is 1.34 bits per heavy atom. The summed E-state index contributed by atoms with van der Waals surface area (Å²) >= 11 is 0. The van der Waals surface area contributed by atoms with Crippen molar-refractivity contribution in [2.24, 2.45) is 11.8 Å². The Labute approximate surface area is 368 Å². The van der Waals surface area contributed by atoms with Gasteiger partial charge in [0.15, 0.2) is 0 Å². The molecular formula is C55H70N3O2P. The van der Waals surface area contributed by atoms with E-state index in [1.165, 1.54) is 32.9 Å². The van der Waals surface area contributed by atoms with Gasteiger partial charge in [-0.25, -0.2) is 0 Å². The number of carbonyl (C=O) groups is 1. The maximum Gasteiger partial charge on any atom is 0.252 e. The Morgan fingerprint density at radius 1 is 0.787 bits per heavy atom. The first-order valence-corrected chi connectivity index (χ1v) is 23.7. The second-order valence-corrected chi connectivity index (χ2v) is 24.1. The van der Waals surface area contributed by atoms with Gasteiger partial charge < -0.3 is 10.1 Å². The van der Waals surface area contributed by atoms with Crippen LogP contribution in [0.1, 0.15) is 140 Å². The predicted molar refractivity (Wildman–Crippen MR) is 260 cm³/mol. The van der Waals surface area contributed by atoms with Gasteiger partial charge in [-0.15, -0.1) is 6.58 Å². The molecule has 61 heavy (non-hydrogen) atoms. The summed E-state index contributed by atoms with van der Waals surface area (Å²) in [5.74, 6) is 1.73. The number of rotatable bonds is 9. The number of nitrogens with zero attached hydrogens (tertiary/aromatic N) is 2. The van der Waals surface area contributed by atoms with E-state index in [-0.39, 0.29) is 39.7 Å². The molecule has 5 aromatic rings. The lowest BCUT2D eigenvalue weighted by Gasteiger charge is -2.51. The molecule has 4 heterocycles. The predicted octanol–water partition coefficient (Wildman–Crippen LogP) is 11.6. The highest BCUT2D eigenvalue weighted by Gasteiger charge is 2.44. The van der Waals surface area contributed by atoms with Gasteiger partial charge in [-0.05, 0) is 135 Å². The molecule has 3 aliphatic heterocycles. The molecule has 322 valence electrons. The van der Waals surface area contributed by atoms with Crippen LogP contribution >= 0.6 is 7.92 Å². The molecule has 0 aliphatic carbocycles. The second kappa shape index (κ2) is 16.8. The van der Waals surface area contributed by atoms with E-state index >= 15 is 4.79 Å². The average molecular weight is 836 g/mol. The Kier molecular flexibility index (Phi) is 12.3. The number of amides is 1. The van der Waals surface area contributed by atoms with E-state index in [0.29, 0.717) is 11.8 Å². The Hall–Kier alpha value is -4.31. The fraction of sp³-hybridized carbons (Fsp3) is 0.455. The highest BCUT2D eigenvalue weighted by Crippen LogP contribution is 2.44. The monoisotopic (exact) mass is 836 g/mol. The maximum atomic E-state index is 15.6. The van der Waals surface area contributed by atoms with Crippen molar-refractivity contribution in [1.82, 2.24) is 15.2 Å². The average Bonchev–Trinajstić information content (AvgIpc) is 3.21. The van der Waals surface area contributed by atoms with Crippen LogP contribution in [-0.2, 0) is 21.7 Å². The van der Waals surface area contributed by atoms with Crippen LogP contribution in [0.25, 0.3) is 10.9 Å². The minimum absolute atomic E-state index is 0.0464. The summed E-state index contributed by atoms with van der Waals surface area (Å²) in [7, 11) is 0.501. The second-order valence-electron chi connectivity index (χ2n) is 21.9. The van der Waals surface area contributed by atoms with Gasteiger partial charge in [-0.3, -0.25) is 14.7 Å². The highest BCUT2D eigenvalue weighted by molar-refractivity contribution is 7.80. The number of pyridine rings is 1. The largest absolute Gasteiger partial charge is 0.497 e. The lowest BCUT2D eigenvalue weighted by atomic mass is 9.73. The Balaban J connectivity index is 1.44. The number of aromatic nitrogens is 1. The van der Waals surface area contributed by atoms with Crippen molar-refractivity contribution >= 4 is 40.6 Å². The van der Waals surface area contributed by atoms with E-state index in [1.807, 2.05) is 24.4 Å². The third kappa shape index (κ3) is 9.40. The molecule has 3 aliphatic rings. The van der Waals surface area contributed by atoms with E-state index in [1.54, 1.807) is 7.11 Å². The van der Waals surface area contributed by atoms with Gasteiger partial charge in [0.1, 0.15) is 5.75 Å². The van der Waals surface area contributed by atoms with Gasteiger partial charge in [0.2, 0.25) is 0 Å². The first-order chi connectivity index (χ1) is 28.6. The van der Waals surface area contributed by atoms with Crippen LogP contribution in [0.15, 0.2) is 104 Å². The topological polar surface area (TPSA) is 54.5 Å². The molecule has 1 aromatic heterocycles. The molecule has 2 bridgehead atoms. The molecule has 5 atom stereocenters. The Bertz CT molecular complexity index is 2280. The van der Waals surface area contributed by atoms with Crippen molar-refractivity contribution in [2.75, 3.05) is 20.2 Å². The molecule has 0 spiro atoms. The minimum atomic E-state index is -1.20. The standard InChI is InChI=1S/C55H70N3O2P/c1-15-35-34-58-25-23-36(35)26-48(58)50(44-22-24-56-47-21-20-41(60-14)33-46(44)47)57-51(59)45-18-16-17-19-49(45)61(42-29-37(52(2,3)4)27-38(30-42)53(5,6)7)43-31-39(54(8,9)10)28-40(32-43)55(11,12)13/h15-22,24,27-33,35-36,48,50H,1,23,25-26,34H2,2-14H3,(H,57,59). The zero-order chi connectivity index (χ0) is 44.2. The van der Waals surface area contributed by atoms with Crippen LogP contribution in [0.4, 0.5) is 0 Å². The van der Waals surface area contributed by atoms with Gasteiger partial charge in [0.25, 0.3) is 5.91 Å². The highest BCUT2D eigenvalue weighted by atomic mass is 31.1. The normalized spacial score (nSPS) is 20.2. The number of methoxy groups -OCH3 is 1. The maximum absolute atomic E-state index is 15.6. The molecule has 1 amide bonds. The summed E-state index contributed by atoms with van der Waals surface area (Å²) in [6.45, 7) is 33.9. The van der Waals surface area contributed by atoms with Crippen molar-refractivity contribution in [3.8, 4) is 5.75 Å². The summed E-state index contributed by atoms with van der Waals surface area (Å²) in [5, 5.41) is 8.37. The van der Waals surface area contributed by atoms with Gasteiger partial charge in [-0.1, -0.05) is 144 Å². The van der Waals surface area contributed by atoms with Crippen LogP contribution in [0.3, 0.4) is 0 Å². The van der Waals surface area contributed by atoms with Crippen LogP contribution < -0.4 is 26.0 Å². The number of carbonyl (C=O) groups excluding carboxylic acids is 1. The summed E-state index contributed by atoms with van der Waals surface area (Å²) in [6.07, 6.45) is 6.18. The summed E-state index contributed by atoms with van der Waals surface area (Å²) in [4.78, 5) is 22.9. The van der Waals surface area contributed by atoms with Crippen LogP contribution in [0, 0.1) is 11.8 Å². The quantitative estimate of drug-likeness (QED) is 0.119. The molecule has 5 nitrogen and oxygen atoms in total. The summed E-state index contributed by atoms with van der Waals surface area (Å²) in [6, 6.07) is 31.1. The van der Waals surface area contributed by atoms with Gasteiger partial charge >= 0.3 is 0 Å². The van der Waals surface area contributed by atoms with E-state index in [0.717, 1.165) is 59.0 Å². The van der Waals surface area contributed by atoms with E-state index in [4.69, 9.17) is 9.72 Å². The van der Waals surface area contributed by atoms with Gasteiger partial charge in [0.05, 0.1) is 18.7 Å². The van der Waals surface area contributed by atoms with Gasteiger partial charge in [-0.2, -0.15) is 0 Å². The van der Waals surface area contributed by atoms with Gasteiger partial charge in [0, 0.05) is 29.7 Å². The van der Waals surface area contributed by atoms with Crippen molar-refractivity contribution in [3.05, 3.63) is 137 Å². The molecule has 0 saturated carbocycles. The molecule has 1 N–H and O–H groups in total. The Morgan fingerprint density at radius 3 is 1.84 bits per heavy atom. The fourth-order valence-electron chi connectivity index (χ4n) is 9.37. The number of ether oxygens (including phenoxy) is 1. The van der Waals surface area contributed by atoms with Crippen molar-refractivity contribution in [3.63, 3.8) is 0 Å². The molecule has 5 unspecified atom stereocenters.